The number of benzene rings is 1. The number of amides is 1. The van der Waals surface area contributed by atoms with E-state index in [2.05, 4.69) is 5.32 Å². The maximum absolute atomic E-state index is 13.3. The van der Waals surface area contributed by atoms with Crippen molar-refractivity contribution in [2.45, 2.75) is 30.9 Å². The van der Waals surface area contributed by atoms with E-state index in [4.69, 9.17) is 48.8 Å². The van der Waals surface area contributed by atoms with Crippen LogP contribution in [0.5, 0.6) is 0 Å². The summed E-state index contributed by atoms with van der Waals surface area (Å²) in [6, 6.07) is 4.82. The van der Waals surface area contributed by atoms with E-state index < -0.39 is 44.1 Å². The summed E-state index contributed by atoms with van der Waals surface area (Å²) >= 11 is 19.5. The molecule has 4 unspecified atom stereocenters. The minimum absolute atomic E-state index is 0.0979. The molecule has 8 nitrogen and oxygen atoms in total. The average molecular weight is 595 g/mol. The zero-order chi connectivity index (χ0) is 26.5. The molecule has 1 aliphatic heterocycles. The van der Waals surface area contributed by atoms with Crippen LogP contribution in [0, 0.1) is 5.92 Å². The summed E-state index contributed by atoms with van der Waals surface area (Å²) in [5, 5.41) is 5.32. The maximum atomic E-state index is 13.3. The van der Waals surface area contributed by atoms with Crippen LogP contribution in [0.3, 0.4) is 0 Å². The van der Waals surface area contributed by atoms with Gasteiger partial charge in [0, 0.05) is 32.4 Å². The highest BCUT2D eigenvalue weighted by Gasteiger charge is 2.47. The fraction of sp³-hybridized carbons (Fsp3) is 0.304. The fourth-order valence-electron chi connectivity index (χ4n) is 3.44. The molecule has 0 saturated carbocycles. The molecule has 0 radical (unpaired) electrons. The first-order valence-electron chi connectivity index (χ1n) is 10.6. The summed E-state index contributed by atoms with van der Waals surface area (Å²) in [6.45, 7) is 2.34. The average Bonchev–Trinajstić information content (AvgIpc) is 3.14. The standard InChI is InChI=1S/C23H23Cl3NO7PS/c1-13(2)34-23(29)32-12-33-35(30,31)21(19-11-36-20-4-3-15(24)10-18(19)20)22(28)27-6-5-14-7-16(25)9-17(26)8-14/h3-11,13,18,20-21H,12H2,1-2H3,(H,27,28)(H,30,31)/b6-5+. The van der Waals surface area contributed by atoms with Gasteiger partial charge in [-0.2, -0.15) is 0 Å². The fourth-order valence-corrected chi connectivity index (χ4v) is 6.82. The van der Waals surface area contributed by atoms with Crippen LogP contribution >= 0.6 is 54.2 Å². The predicted octanol–water partition coefficient (Wildman–Crippen LogP) is 6.48. The van der Waals surface area contributed by atoms with Crippen molar-refractivity contribution in [1.82, 2.24) is 5.32 Å². The van der Waals surface area contributed by atoms with Gasteiger partial charge in [0.2, 0.25) is 12.7 Å². The van der Waals surface area contributed by atoms with Crippen molar-refractivity contribution in [3.63, 3.8) is 0 Å². The number of hydrogen-bond acceptors (Lipinski definition) is 7. The van der Waals surface area contributed by atoms with Crippen LogP contribution in [-0.4, -0.2) is 40.8 Å². The Balaban J connectivity index is 1.80. The molecule has 2 aliphatic rings. The number of fused-ring (bicyclic) bond motifs is 1. The van der Waals surface area contributed by atoms with Gasteiger partial charge in [0.15, 0.2) is 5.66 Å². The molecule has 0 spiro atoms. The minimum atomic E-state index is -4.71. The number of rotatable bonds is 9. The molecule has 1 aliphatic carbocycles. The molecule has 0 aromatic heterocycles. The van der Waals surface area contributed by atoms with Crippen LogP contribution in [0.2, 0.25) is 10.0 Å². The Morgan fingerprint density at radius 1 is 1.22 bits per heavy atom. The van der Waals surface area contributed by atoms with Gasteiger partial charge >= 0.3 is 13.8 Å². The van der Waals surface area contributed by atoms with Crippen molar-refractivity contribution in [2.75, 3.05) is 6.79 Å². The zero-order valence-corrected chi connectivity index (χ0v) is 23.1. The maximum Gasteiger partial charge on any atom is 0.510 e. The van der Waals surface area contributed by atoms with Crippen molar-refractivity contribution >= 4 is 72.3 Å². The Bertz CT molecular complexity index is 1160. The zero-order valence-electron chi connectivity index (χ0n) is 19.1. The van der Waals surface area contributed by atoms with Gasteiger partial charge in [-0.25, -0.2) is 4.79 Å². The van der Waals surface area contributed by atoms with Crippen molar-refractivity contribution in [3.8, 4) is 0 Å². The third-order valence-electron chi connectivity index (χ3n) is 4.91. The first-order chi connectivity index (χ1) is 17.0. The molecule has 2 N–H and O–H groups in total. The van der Waals surface area contributed by atoms with Crippen molar-refractivity contribution < 1.29 is 33.0 Å². The van der Waals surface area contributed by atoms with E-state index in [0.717, 1.165) is 0 Å². The van der Waals surface area contributed by atoms with Gasteiger partial charge in [-0.1, -0.05) is 47.0 Å². The molecule has 0 fully saturated rings. The molecule has 13 heteroatoms. The molecule has 0 bridgehead atoms. The van der Waals surface area contributed by atoms with E-state index in [1.807, 2.05) is 6.08 Å². The number of hydrogen-bond donors (Lipinski definition) is 2. The molecule has 4 atom stereocenters. The minimum Gasteiger partial charge on any atom is -0.432 e. The summed E-state index contributed by atoms with van der Waals surface area (Å²) in [4.78, 5) is 35.6. The normalized spacial score (nSPS) is 21.4. The first kappa shape index (κ1) is 28.9. The molecule has 0 saturated heterocycles. The topological polar surface area (TPSA) is 111 Å². The SMILES string of the molecule is CC(C)OC(=O)OCOP(=O)(O)C(C(=O)N/C=C/c1cc(Cl)cc(Cl)c1)C1=CSC2C=CC(Cl)=CC12. The third kappa shape index (κ3) is 7.89. The largest absolute Gasteiger partial charge is 0.510 e. The van der Waals surface area contributed by atoms with Gasteiger partial charge in [0.1, 0.15) is 0 Å². The molecular weight excluding hydrogens is 572 g/mol. The van der Waals surface area contributed by atoms with Crippen LogP contribution < -0.4 is 5.32 Å². The van der Waals surface area contributed by atoms with E-state index >= 15 is 0 Å². The summed E-state index contributed by atoms with van der Waals surface area (Å²) in [7, 11) is -4.71. The molecule has 36 heavy (non-hydrogen) atoms. The quantitative estimate of drug-likeness (QED) is 0.190. The summed E-state index contributed by atoms with van der Waals surface area (Å²) in [5.41, 5.74) is -0.656. The van der Waals surface area contributed by atoms with Gasteiger partial charge in [-0.15, -0.1) is 11.8 Å². The van der Waals surface area contributed by atoms with Gasteiger partial charge in [-0.05, 0) is 60.7 Å². The Kier molecular flexibility index (Phi) is 10.2. The second kappa shape index (κ2) is 12.7. The summed E-state index contributed by atoms with van der Waals surface area (Å²) in [6.07, 6.45) is 6.60. The highest BCUT2D eigenvalue weighted by molar-refractivity contribution is 8.03. The molecule has 1 amide bonds. The summed E-state index contributed by atoms with van der Waals surface area (Å²) in [5.74, 6) is -1.21. The summed E-state index contributed by atoms with van der Waals surface area (Å²) < 4.78 is 27.8. The number of halogens is 3. The third-order valence-corrected chi connectivity index (χ3v) is 8.43. The molecule has 1 aromatic carbocycles. The van der Waals surface area contributed by atoms with E-state index in [1.54, 1.807) is 49.6 Å². The molecule has 194 valence electrons. The number of carbonyl (C=O) groups is 2. The second-order valence-electron chi connectivity index (χ2n) is 7.97. The van der Waals surface area contributed by atoms with Crippen LogP contribution in [0.25, 0.3) is 6.08 Å². The number of ether oxygens (including phenoxy) is 2. The van der Waals surface area contributed by atoms with Gasteiger partial charge in [-0.3, -0.25) is 13.9 Å². The molecule has 1 heterocycles. The van der Waals surface area contributed by atoms with E-state index in [9.17, 15) is 19.0 Å². The van der Waals surface area contributed by atoms with Gasteiger partial charge in [0.25, 0.3) is 0 Å². The Labute approximate surface area is 227 Å². The predicted molar refractivity (Wildman–Crippen MR) is 142 cm³/mol. The molecule has 1 aromatic rings. The van der Waals surface area contributed by atoms with Crippen LogP contribution in [-0.2, 0) is 23.4 Å². The highest BCUT2D eigenvalue weighted by atomic mass is 35.5. The van der Waals surface area contributed by atoms with Gasteiger partial charge in [0.05, 0.1) is 6.10 Å². The van der Waals surface area contributed by atoms with Crippen molar-refractivity contribution in [3.05, 3.63) is 74.2 Å². The van der Waals surface area contributed by atoms with Crippen LogP contribution in [0.1, 0.15) is 19.4 Å². The number of allylic oxidation sites excluding steroid dienone is 3. The van der Waals surface area contributed by atoms with Crippen LogP contribution in [0.15, 0.2) is 58.6 Å². The van der Waals surface area contributed by atoms with Crippen molar-refractivity contribution in [1.29, 1.82) is 0 Å². The van der Waals surface area contributed by atoms with E-state index in [-0.39, 0.29) is 5.25 Å². The first-order valence-corrected chi connectivity index (χ1v) is 14.3. The lowest BCUT2D eigenvalue weighted by atomic mass is 9.90. The lowest BCUT2D eigenvalue weighted by molar-refractivity contribution is -0.119. The van der Waals surface area contributed by atoms with Gasteiger partial charge < -0.3 is 19.7 Å². The smallest absolute Gasteiger partial charge is 0.432 e. The van der Waals surface area contributed by atoms with Crippen molar-refractivity contribution in [2.24, 2.45) is 5.92 Å². The van der Waals surface area contributed by atoms with E-state index in [0.29, 0.717) is 26.2 Å². The Morgan fingerprint density at radius 3 is 2.58 bits per heavy atom. The number of nitrogens with one attached hydrogen (secondary N) is 1. The Hall–Kier alpha value is -1.71. The lowest BCUT2D eigenvalue weighted by Crippen LogP contribution is -2.36. The number of carbonyl (C=O) groups excluding carboxylic acids is 2. The second-order valence-corrected chi connectivity index (χ2v) is 12.2. The monoisotopic (exact) mass is 593 g/mol. The number of thioether (sulfide) groups is 1. The lowest BCUT2D eigenvalue weighted by Gasteiger charge is -2.27. The highest BCUT2D eigenvalue weighted by Crippen LogP contribution is 2.56. The molecule has 3 rings (SSSR count). The van der Waals surface area contributed by atoms with Crippen LogP contribution in [0.4, 0.5) is 4.79 Å². The molecular formula is C23H23Cl3NO7PS. The van der Waals surface area contributed by atoms with E-state index in [1.165, 1.54) is 24.0 Å². The Morgan fingerprint density at radius 2 is 1.92 bits per heavy atom.